The Morgan fingerprint density at radius 3 is 1.70 bits per heavy atom. The molecule has 36 heteroatoms. The molecule has 3 aromatic carbocycles. The first-order chi connectivity index (χ1) is 28.0. The van der Waals surface area contributed by atoms with Gasteiger partial charge in [0, 0.05) is 217 Å². The van der Waals surface area contributed by atoms with E-state index < -0.39 is 111 Å². The molecule has 0 bridgehead atoms. The summed E-state index contributed by atoms with van der Waals surface area (Å²) in [6.07, 6.45) is -9.92. The molecule has 1 atom stereocenters. The molecule has 1 unspecified atom stereocenters. The van der Waals surface area contributed by atoms with Crippen LogP contribution in [0.5, 0.6) is 0 Å². The van der Waals surface area contributed by atoms with Crippen LogP contribution in [0.25, 0.3) is 0 Å². The van der Waals surface area contributed by atoms with Gasteiger partial charge in [0.05, 0.1) is 10.6 Å². The van der Waals surface area contributed by atoms with Gasteiger partial charge in [-0.2, -0.15) is 0 Å². The number of rotatable bonds is 18. The maximum atomic E-state index is 14.3. The standard InChI is InChI=1S/C24H22ClF2NO2S.B29/c1-16-3-2-4-22(13-16)31(29,30)28-21(11-7-17-5-9-19(25)14-23(17)27)12-8-18-6-10-20(26)15-24(18)28;1-16-24(17(2)3)28(25(18(4)5)19(6)7)29(26(20(8)9)21(10)11)27(22(12)13)23(14)15/h2-6,9-10,13-15,21H,7-8,11-12H2,1H3;. The van der Waals surface area contributed by atoms with Gasteiger partial charge in [-0.1, -0.05) is 35.9 Å². The van der Waals surface area contributed by atoms with Crippen LogP contribution < -0.4 is 4.31 Å². The predicted molar refractivity (Wildman–Crippen MR) is 286 cm³/mol. The van der Waals surface area contributed by atoms with Crippen molar-refractivity contribution in [2.75, 3.05) is 4.31 Å². The highest BCUT2D eigenvalue weighted by Gasteiger charge is 2.51. The second-order valence-electron chi connectivity index (χ2n) is 15.6. The molecular formula is C24H22B29ClF2NO2S. The average molecular weight is 776 g/mol. The second-order valence-corrected chi connectivity index (χ2v) is 17.8. The van der Waals surface area contributed by atoms with Crippen LogP contribution in [-0.2, 0) is 22.9 Å². The van der Waals surface area contributed by atoms with Crippen LogP contribution in [-0.4, -0.2) is 221 Å². The van der Waals surface area contributed by atoms with Gasteiger partial charge in [-0.15, -0.1) is 0 Å². The summed E-state index contributed by atoms with van der Waals surface area (Å²) in [4.78, 5) is 0.160. The Balaban J connectivity index is 0.000000322. The maximum absolute atomic E-state index is 14.3. The van der Waals surface area contributed by atoms with Crippen molar-refractivity contribution in [3.05, 3.63) is 94.0 Å². The van der Waals surface area contributed by atoms with E-state index in [1.165, 1.54) is 29.6 Å². The zero-order chi connectivity index (χ0) is 45.4. The molecule has 0 saturated heterocycles. The minimum absolute atomic E-state index is 0.160. The third kappa shape index (κ3) is 13.7. The van der Waals surface area contributed by atoms with Gasteiger partial charge in [-0.05, 0) is 85.7 Å². The lowest BCUT2D eigenvalue weighted by atomic mass is 8.32. The average Bonchev–Trinajstić information content (AvgIpc) is 3.13. The van der Waals surface area contributed by atoms with E-state index in [1.807, 2.05) is 13.0 Å². The number of benzene rings is 3. The van der Waals surface area contributed by atoms with E-state index in [2.05, 4.69) is 0 Å². The zero-order valence-corrected chi connectivity index (χ0v) is 35.3. The maximum Gasteiger partial charge on any atom is 0.264 e. The Morgan fingerprint density at radius 1 is 0.700 bits per heavy atom. The lowest BCUT2D eigenvalue weighted by Gasteiger charge is -2.49. The van der Waals surface area contributed by atoms with Gasteiger partial charge in [0.15, 0.2) is 0 Å². The van der Waals surface area contributed by atoms with Crippen molar-refractivity contribution in [2.45, 2.75) is 43.5 Å². The van der Waals surface area contributed by atoms with E-state index in [0.29, 0.717) is 42.0 Å². The summed E-state index contributed by atoms with van der Waals surface area (Å²) in [5.41, 5.74) is 2.43. The molecule has 0 fully saturated rings. The summed E-state index contributed by atoms with van der Waals surface area (Å²) in [6, 6.07) is 15.0. The molecule has 1 aliphatic heterocycles. The van der Waals surface area contributed by atoms with Crippen LogP contribution in [0.1, 0.15) is 29.5 Å². The first-order valence-corrected chi connectivity index (χ1v) is 21.2. The molecule has 0 saturated carbocycles. The number of anilines is 1. The fourth-order valence-electron chi connectivity index (χ4n) is 8.48. The topological polar surface area (TPSA) is 37.4 Å². The van der Waals surface area contributed by atoms with E-state index in [4.69, 9.17) is 128 Å². The lowest BCUT2D eigenvalue weighted by molar-refractivity contribution is 0.515. The Hall–Kier alpha value is -0.557. The van der Waals surface area contributed by atoms with E-state index in [0.717, 1.165) is 11.1 Å². The van der Waals surface area contributed by atoms with Crippen LogP contribution in [0.2, 0.25) is 5.02 Å². The summed E-state index contributed by atoms with van der Waals surface area (Å²) in [5, 5.41) is 0.312. The van der Waals surface area contributed by atoms with Gasteiger partial charge in [0.2, 0.25) is 0 Å². The third-order valence-electron chi connectivity index (χ3n) is 11.2. The highest BCUT2D eigenvalue weighted by atomic mass is 35.5. The summed E-state index contributed by atoms with van der Waals surface area (Å²) in [7, 11) is 87.3. The molecule has 1 heterocycles. The molecule has 4 rings (SSSR count). The first-order valence-electron chi connectivity index (χ1n) is 19.4. The van der Waals surface area contributed by atoms with E-state index in [1.54, 1.807) is 36.4 Å². The van der Waals surface area contributed by atoms with Crippen molar-refractivity contribution < 1.29 is 17.2 Å². The minimum atomic E-state index is -3.93. The van der Waals surface area contributed by atoms with Crippen molar-refractivity contribution >= 4 is 233 Å². The summed E-state index contributed by atoms with van der Waals surface area (Å²) in [5.74, 6) is -0.907. The Kier molecular flexibility index (Phi) is 21.6. The molecule has 3 nitrogen and oxygen atoms in total. The lowest BCUT2D eigenvalue weighted by Crippen LogP contribution is -2.87. The Bertz CT molecular complexity index is 1900. The summed E-state index contributed by atoms with van der Waals surface area (Å²) < 4.78 is 57.0. The first kappa shape index (κ1) is 53.8. The van der Waals surface area contributed by atoms with Gasteiger partial charge in [0.25, 0.3) is 10.0 Å². The molecule has 249 valence electrons. The molecule has 0 aliphatic carbocycles. The molecule has 0 amide bonds. The van der Waals surface area contributed by atoms with Crippen LogP contribution in [0.4, 0.5) is 14.5 Å². The molecule has 31 radical (unpaired) electrons. The number of nitrogens with zero attached hydrogens (tertiary/aromatic N) is 1. The second kappa shape index (κ2) is 24.1. The van der Waals surface area contributed by atoms with Crippen LogP contribution >= 0.6 is 11.6 Å². The number of hydrogen-bond acceptors (Lipinski definition) is 2. The molecular weight excluding hydrogens is 753 g/mol. The molecule has 0 spiro atoms. The van der Waals surface area contributed by atoms with Crippen molar-refractivity contribution in [3.63, 3.8) is 0 Å². The molecule has 3 aromatic rings. The highest BCUT2D eigenvalue weighted by molar-refractivity contribution is 8.26. The normalized spacial score (nSPS) is 12.9. The third-order valence-corrected chi connectivity index (χ3v) is 13.3. The molecule has 0 N–H and O–H groups in total. The number of aryl methyl sites for hydroxylation is 3. The van der Waals surface area contributed by atoms with Crippen molar-refractivity contribution in [2.24, 2.45) is 0 Å². The Labute approximate surface area is 389 Å². The number of hydrogen-bond donors (Lipinski definition) is 0. The van der Waals surface area contributed by atoms with Gasteiger partial charge >= 0.3 is 0 Å². The number of fused-ring (bicyclic) bond motifs is 1. The summed E-state index contributed by atoms with van der Waals surface area (Å²) >= 11 is 5.84. The van der Waals surface area contributed by atoms with E-state index in [9.17, 15) is 17.2 Å². The van der Waals surface area contributed by atoms with Crippen molar-refractivity contribution in [3.8, 4) is 0 Å². The number of sulfonamides is 1. The van der Waals surface area contributed by atoms with Crippen molar-refractivity contribution in [1.29, 1.82) is 0 Å². The minimum Gasteiger partial charge on any atom is -0.263 e. The van der Waals surface area contributed by atoms with Crippen molar-refractivity contribution in [1.82, 2.24) is 0 Å². The monoisotopic (exact) mass is 780 g/mol. The quantitative estimate of drug-likeness (QED) is 0.122. The molecule has 0 aromatic heterocycles. The highest BCUT2D eigenvalue weighted by Crippen LogP contribution is 2.38. The number of halogens is 3. The van der Waals surface area contributed by atoms with Gasteiger partial charge in [-0.25, -0.2) is 17.2 Å². The fourth-order valence-corrected chi connectivity index (χ4v) is 10.5. The summed E-state index contributed by atoms with van der Waals surface area (Å²) in [6.45, 7) is 1.82. The zero-order valence-electron chi connectivity index (χ0n) is 33.7. The smallest absolute Gasteiger partial charge is 0.263 e. The Morgan fingerprint density at radius 2 is 1.23 bits per heavy atom. The van der Waals surface area contributed by atoms with Gasteiger partial charge < -0.3 is 0 Å². The molecule has 60 heavy (non-hydrogen) atoms. The predicted octanol–water partition coefficient (Wildman–Crippen LogP) is -4.97. The van der Waals surface area contributed by atoms with E-state index >= 15 is 0 Å². The SMILES string of the molecule is Cc1cccc(S(=O)(=O)N2c3cc(F)ccc3CCC2CCc2ccc(Cl)cc2F)c1.[B][B]B(B([B])[B])B(B(B([B])[B])B([B])[B])B(B(B([B])[B])B([B])[B])B(B([B])[B])B([B])[B]. The van der Waals surface area contributed by atoms with Gasteiger partial charge in [0.1, 0.15) is 11.6 Å². The van der Waals surface area contributed by atoms with Gasteiger partial charge in [-0.3, -0.25) is 4.31 Å². The molecule has 1 aliphatic rings. The van der Waals surface area contributed by atoms with Crippen LogP contribution in [0, 0.1) is 18.6 Å². The largest absolute Gasteiger partial charge is 0.264 e. The fraction of sp³-hybridized carbons (Fsp3) is 0.250. The van der Waals surface area contributed by atoms with Crippen LogP contribution in [0.15, 0.2) is 65.6 Å². The van der Waals surface area contributed by atoms with Crippen LogP contribution in [0.3, 0.4) is 0 Å². The van der Waals surface area contributed by atoms with E-state index in [-0.39, 0.29) is 4.90 Å².